The van der Waals surface area contributed by atoms with Crippen molar-refractivity contribution >= 4 is 40.0 Å². The van der Waals surface area contributed by atoms with Crippen LogP contribution in [0.3, 0.4) is 0 Å². The number of nitrogens with one attached hydrogen (secondary N) is 2. The molecule has 2 aliphatic rings. The SMILES string of the molecule is O=C(CN1C(=O)NC2(CCCc3sccc32)C1=O)c1c[nH]c2ccccc12. The van der Waals surface area contributed by atoms with Crippen molar-refractivity contribution in [3.63, 3.8) is 0 Å². The van der Waals surface area contributed by atoms with E-state index < -0.39 is 11.6 Å². The molecule has 1 aromatic carbocycles. The van der Waals surface area contributed by atoms with Gasteiger partial charge >= 0.3 is 6.03 Å². The summed E-state index contributed by atoms with van der Waals surface area (Å²) in [5.74, 6) is -0.575. The van der Waals surface area contributed by atoms with Crippen LogP contribution in [-0.2, 0) is 16.8 Å². The molecule has 0 saturated carbocycles. The van der Waals surface area contributed by atoms with Crippen LogP contribution in [0.5, 0.6) is 0 Å². The molecule has 1 aliphatic carbocycles. The standard InChI is InChI=1S/C20H17N3O3S/c24-16(13-10-21-15-5-2-1-4-12(13)15)11-23-18(25)20(22-19(23)26)8-3-6-17-14(20)7-9-27-17/h1-2,4-5,7,9-10,21H,3,6,8,11H2,(H,22,26). The predicted octanol–water partition coefficient (Wildman–Crippen LogP) is 3.20. The lowest BCUT2D eigenvalue weighted by atomic mass is 9.80. The van der Waals surface area contributed by atoms with Gasteiger partial charge in [0.15, 0.2) is 5.78 Å². The molecule has 7 heteroatoms. The van der Waals surface area contributed by atoms with E-state index in [2.05, 4.69) is 10.3 Å². The van der Waals surface area contributed by atoms with Crippen molar-refractivity contribution in [3.05, 3.63) is 57.9 Å². The predicted molar refractivity (Wildman–Crippen MR) is 102 cm³/mol. The highest BCUT2D eigenvalue weighted by molar-refractivity contribution is 7.10. The summed E-state index contributed by atoms with van der Waals surface area (Å²) in [7, 11) is 0. The van der Waals surface area contributed by atoms with Crippen LogP contribution in [0.2, 0.25) is 0 Å². The number of rotatable bonds is 3. The van der Waals surface area contributed by atoms with Gasteiger partial charge in [-0.05, 0) is 36.8 Å². The highest BCUT2D eigenvalue weighted by atomic mass is 32.1. The summed E-state index contributed by atoms with van der Waals surface area (Å²) in [6.45, 7) is -0.256. The van der Waals surface area contributed by atoms with Crippen LogP contribution in [0.25, 0.3) is 10.9 Å². The van der Waals surface area contributed by atoms with Crippen LogP contribution in [0.4, 0.5) is 4.79 Å². The molecule has 2 N–H and O–H groups in total. The molecule has 1 unspecified atom stereocenters. The zero-order valence-electron chi connectivity index (χ0n) is 14.5. The molecule has 27 heavy (non-hydrogen) atoms. The number of fused-ring (bicyclic) bond motifs is 3. The first-order chi connectivity index (χ1) is 13.1. The Hall–Kier alpha value is -2.93. The number of Topliss-reactive ketones (excluding diaryl/α,β-unsaturated/α-hetero) is 1. The van der Waals surface area contributed by atoms with Gasteiger partial charge in [-0.25, -0.2) is 4.79 Å². The van der Waals surface area contributed by atoms with Gasteiger partial charge in [0, 0.05) is 33.1 Å². The van der Waals surface area contributed by atoms with E-state index in [1.54, 1.807) is 17.5 Å². The van der Waals surface area contributed by atoms with Crippen LogP contribution >= 0.6 is 11.3 Å². The fourth-order valence-electron chi connectivity index (χ4n) is 4.22. The maximum atomic E-state index is 13.2. The molecule has 1 saturated heterocycles. The third kappa shape index (κ3) is 2.28. The van der Waals surface area contributed by atoms with Gasteiger partial charge in [-0.15, -0.1) is 11.3 Å². The lowest BCUT2D eigenvalue weighted by Crippen LogP contribution is -2.46. The normalized spacial score (nSPS) is 21.7. The van der Waals surface area contributed by atoms with E-state index in [4.69, 9.17) is 0 Å². The lowest BCUT2D eigenvalue weighted by Gasteiger charge is -2.31. The van der Waals surface area contributed by atoms with Gasteiger partial charge in [-0.1, -0.05) is 18.2 Å². The first kappa shape index (κ1) is 16.3. The second-order valence-electron chi connectivity index (χ2n) is 7.01. The van der Waals surface area contributed by atoms with E-state index in [1.807, 2.05) is 35.7 Å². The van der Waals surface area contributed by atoms with Gasteiger partial charge in [0.25, 0.3) is 5.91 Å². The largest absolute Gasteiger partial charge is 0.360 e. The summed E-state index contributed by atoms with van der Waals surface area (Å²) in [5.41, 5.74) is 1.22. The molecule has 0 bridgehead atoms. The molecule has 1 fully saturated rings. The number of aromatic nitrogens is 1. The molecule has 1 aliphatic heterocycles. The summed E-state index contributed by atoms with van der Waals surface area (Å²) in [6, 6.07) is 8.90. The van der Waals surface area contributed by atoms with Gasteiger partial charge in [0.1, 0.15) is 5.54 Å². The van der Waals surface area contributed by atoms with Crippen molar-refractivity contribution in [1.29, 1.82) is 0 Å². The third-order valence-electron chi connectivity index (χ3n) is 5.53. The van der Waals surface area contributed by atoms with Crippen LogP contribution in [0.15, 0.2) is 41.9 Å². The highest BCUT2D eigenvalue weighted by Gasteiger charge is 2.54. The number of urea groups is 1. The minimum absolute atomic E-state index is 0.255. The Kier molecular flexibility index (Phi) is 3.48. The zero-order valence-corrected chi connectivity index (χ0v) is 15.3. The fourth-order valence-corrected chi connectivity index (χ4v) is 5.22. The summed E-state index contributed by atoms with van der Waals surface area (Å²) >= 11 is 1.61. The van der Waals surface area contributed by atoms with Crippen molar-refractivity contribution in [2.24, 2.45) is 0 Å². The molecule has 6 nitrogen and oxygen atoms in total. The molecule has 5 rings (SSSR count). The lowest BCUT2D eigenvalue weighted by molar-refractivity contribution is -0.131. The number of carbonyl (C=O) groups excluding carboxylic acids is 3. The molecule has 0 radical (unpaired) electrons. The van der Waals surface area contributed by atoms with Crippen LogP contribution < -0.4 is 5.32 Å². The number of imide groups is 1. The number of nitrogens with zero attached hydrogens (tertiary/aromatic N) is 1. The number of thiophene rings is 1. The van der Waals surface area contributed by atoms with E-state index >= 15 is 0 Å². The average Bonchev–Trinajstić information content (AvgIpc) is 3.36. The molecule has 1 spiro atoms. The maximum absolute atomic E-state index is 13.2. The van der Waals surface area contributed by atoms with Crippen molar-refractivity contribution in [2.75, 3.05) is 6.54 Å². The van der Waals surface area contributed by atoms with E-state index in [0.29, 0.717) is 12.0 Å². The van der Waals surface area contributed by atoms with Crippen molar-refractivity contribution in [1.82, 2.24) is 15.2 Å². The van der Waals surface area contributed by atoms with E-state index in [9.17, 15) is 14.4 Å². The molecular formula is C20H17N3O3S. The first-order valence-corrected chi connectivity index (χ1v) is 9.78. The average molecular weight is 379 g/mol. The number of ketones is 1. The number of H-pyrrole nitrogens is 1. The molecule has 136 valence electrons. The van der Waals surface area contributed by atoms with E-state index in [-0.39, 0.29) is 18.2 Å². The first-order valence-electron chi connectivity index (χ1n) is 8.90. The number of hydrogen-bond acceptors (Lipinski definition) is 4. The Morgan fingerprint density at radius 3 is 2.96 bits per heavy atom. The number of para-hydroxylation sites is 1. The third-order valence-corrected chi connectivity index (χ3v) is 6.51. The molecule has 3 heterocycles. The minimum atomic E-state index is -1.01. The Labute approximate surface area is 159 Å². The summed E-state index contributed by atoms with van der Waals surface area (Å²) in [6.07, 6.45) is 3.97. The van der Waals surface area contributed by atoms with Gasteiger partial charge in [0.05, 0.1) is 6.54 Å². The number of aryl methyl sites for hydroxylation is 1. The van der Waals surface area contributed by atoms with Crippen molar-refractivity contribution < 1.29 is 14.4 Å². The summed E-state index contributed by atoms with van der Waals surface area (Å²) < 4.78 is 0. The van der Waals surface area contributed by atoms with Gasteiger partial charge in [-0.2, -0.15) is 0 Å². The van der Waals surface area contributed by atoms with Crippen LogP contribution in [0.1, 0.15) is 33.6 Å². The number of benzene rings is 1. The van der Waals surface area contributed by atoms with Gasteiger partial charge in [-0.3, -0.25) is 14.5 Å². The second kappa shape index (κ2) is 5.79. The van der Waals surface area contributed by atoms with E-state index in [0.717, 1.165) is 39.1 Å². The number of aromatic amines is 1. The molecule has 3 aromatic rings. The van der Waals surface area contributed by atoms with Crippen molar-refractivity contribution in [2.45, 2.75) is 24.8 Å². The van der Waals surface area contributed by atoms with Crippen LogP contribution in [0, 0.1) is 0 Å². The van der Waals surface area contributed by atoms with Gasteiger partial charge in [0.2, 0.25) is 0 Å². The Bertz CT molecular complexity index is 1100. The number of carbonyl (C=O) groups is 3. The van der Waals surface area contributed by atoms with Crippen LogP contribution in [-0.4, -0.2) is 34.2 Å². The quantitative estimate of drug-likeness (QED) is 0.542. The Balaban J connectivity index is 1.46. The molecule has 3 amide bonds. The van der Waals surface area contributed by atoms with E-state index in [1.165, 1.54) is 0 Å². The smallest absolute Gasteiger partial charge is 0.325 e. The molecule has 2 aromatic heterocycles. The maximum Gasteiger partial charge on any atom is 0.325 e. The topological polar surface area (TPSA) is 82.3 Å². The summed E-state index contributed by atoms with van der Waals surface area (Å²) in [4.78, 5) is 43.9. The van der Waals surface area contributed by atoms with Gasteiger partial charge < -0.3 is 10.3 Å². The van der Waals surface area contributed by atoms with Crippen molar-refractivity contribution in [3.8, 4) is 0 Å². The Morgan fingerprint density at radius 2 is 2.07 bits per heavy atom. The zero-order chi connectivity index (χ0) is 18.6. The molecular weight excluding hydrogens is 362 g/mol. The highest BCUT2D eigenvalue weighted by Crippen LogP contribution is 2.42. The monoisotopic (exact) mass is 379 g/mol. The molecule has 1 atom stereocenters. The number of hydrogen-bond donors (Lipinski definition) is 2. The number of amides is 3. The minimum Gasteiger partial charge on any atom is -0.360 e. The summed E-state index contributed by atoms with van der Waals surface area (Å²) in [5, 5.41) is 5.63. The Morgan fingerprint density at radius 1 is 1.22 bits per heavy atom. The fraction of sp³-hybridized carbons (Fsp3) is 0.250. The second-order valence-corrected chi connectivity index (χ2v) is 8.01.